The summed E-state index contributed by atoms with van der Waals surface area (Å²) < 4.78 is 0. The van der Waals surface area contributed by atoms with Crippen molar-refractivity contribution in [2.24, 2.45) is 5.92 Å². The number of carboxylic acids is 1. The van der Waals surface area contributed by atoms with Gasteiger partial charge in [0, 0.05) is 17.4 Å². The van der Waals surface area contributed by atoms with E-state index in [-0.39, 0.29) is 12.5 Å². The Hall–Kier alpha value is -2.30. The maximum absolute atomic E-state index is 11.8. The summed E-state index contributed by atoms with van der Waals surface area (Å²) in [5.41, 5.74) is 1.32. The highest BCUT2D eigenvalue weighted by Gasteiger charge is 2.14. The van der Waals surface area contributed by atoms with Gasteiger partial charge in [-0.05, 0) is 12.1 Å². The van der Waals surface area contributed by atoms with E-state index in [2.05, 4.69) is 10.3 Å². The molecule has 0 spiro atoms. The minimum Gasteiger partial charge on any atom is -0.481 e. The lowest BCUT2D eigenvalue weighted by atomic mass is 10.2. The fraction of sp³-hybridized carbons (Fsp3) is 0.231. The van der Waals surface area contributed by atoms with Crippen LogP contribution in [0.3, 0.4) is 0 Å². The van der Waals surface area contributed by atoms with Crippen molar-refractivity contribution in [3.05, 3.63) is 36.0 Å². The number of aromatic amines is 1. The molecular weight excluding hydrogens is 232 g/mol. The van der Waals surface area contributed by atoms with Crippen molar-refractivity contribution in [1.82, 2.24) is 10.3 Å². The van der Waals surface area contributed by atoms with Gasteiger partial charge in [0.25, 0.3) is 5.91 Å². The fourth-order valence-corrected chi connectivity index (χ4v) is 1.62. The summed E-state index contributed by atoms with van der Waals surface area (Å²) in [7, 11) is 0. The second-order valence-corrected chi connectivity index (χ2v) is 4.22. The van der Waals surface area contributed by atoms with Crippen molar-refractivity contribution in [1.29, 1.82) is 0 Å². The molecule has 0 saturated heterocycles. The van der Waals surface area contributed by atoms with E-state index in [4.69, 9.17) is 5.11 Å². The standard InChI is InChI=1S/C13H14N2O3/c1-8(13(17)18)7-14-12(16)11-6-9-4-2-3-5-10(9)15-11/h2-6,8,15H,7H2,1H3,(H,14,16)(H,17,18). The Labute approximate surface area is 104 Å². The molecule has 0 radical (unpaired) electrons. The Kier molecular flexibility index (Phi) is 3.32. The summed E-state index contributed by atoms with van der Waals surface area (Å²) in [5.74, 6) is -1.82. The number of carboxylic acid groups (broad SMARTS) is 1. The van der Waals surface area contributed by atoms with Crippen LogP contribution in [-0.2, 0) is 4.79 Å². The molecule has 0 aliphatic carbocycles. The van der Waals surface area contributed by atoms with Crippen LogP contribution in [0.15, 0.2) is 30.3 Å². The smallest absolute Gasteiger partial charge is 0.308 e. The molecule has 94 valence electrons. The third-order valence-corrected chi connectivity index (χ3v) is 2.76. The minimum absolute atomic E-state index is 0.115. The normalized spacial score (nSPS) is 12.3. The summed E-state index contributed by atoms with van der Waals surface area (Å²) in [6.45, 7) is 1.66. The summed E-state index contributed by atoms with van der Waals surface area (Å²) >= 11 is 0. The third kappa shape index (κ3) is 2.51. The summed E-state index contributed by atoms with van der Waals surface area (Å²) in [4.78, 5) is 25.4. The maximum Gasteiger partial charge on any atom is 0.308 e. The SMILES string of the molecule is CC(CNC(=O)c1cc2ccccc2[nH]1)C(=O)O. The number of H-pyrrole nitrogens is 1. The first kappa shape index (κ1) is 12.2. The summed E-state index contributed by atoms with van der Waals surface area (Å²) in [5, 5.41) is 12.3. The Morgan fingerprint density at radius 2 is 2.11 bits per heavy atom. The molecule has 1 aromatic carbocycles. The van der Waals surface area contributed by atoms with E-state index in [0.717, 1.165) is 10.9 Å². The number of hydrogen-bond acceptors (Lipinski definition) is 2. The molecule has 1 aromatic heterocycles. The van der Waals surface area contributed by atoms with Gasteiger partial charge in [0.1, 0.15) is 5.69 Å². The Morgan fingerprint density at radius 3 is 2.78 bits per heavy atom. The molecule has 1 unspecified atom stereocenters. The highest BCUT2D eigenvalue weighted by molar-refractivity contribution is 5.98. The van der Waals surface area contributed by atoms with Gasteiger partial charge in [-0.2, -0.15) is 0 Å². The molecule has 1 amide bonds. The molecule has 0 saturated carbocycles. The van der Waals surface area contributed by atoms with Gasteiger partial charge in [0.15, 0.2) is 0 Å². The predicted octanol–water partition coefficient (Wildman–Crippen LogP) is 1.62. The van der Waals surface area contributed by atoms with E-state index in [9.17, 15) is 9.59 Å². The molecule has 1 heterocycles. The van der Waals surface area contributed by atoms with Crippen molar-refractivity contribution in [2.75, 3.05) is 6.54 Å². The molecule has 2 aromatic rings. The zero-order valence-corrected chi connectivity index (χ0v) is 9.93. The topological polar surface area (TPSA) is 82.2 Å². The quantitative estimate of drug-likeness (QED) is 0.766. The van der Waals surface area contributed by atoms with Gasteiger partial charge in [-0.1, -0.05) is 25.1 Å². The molecule has 2 rings (SSSR count). The van der Waals surface area contributed by atoms with Gasteiger partial charge in [0.05, 0.1) is 5.92 Å². The average molecular weight is 246 g/mol. The van der Waals surface area contributed by atoms with E-state index in [1.807, 2.05) is 24.3 Å². The van der Waals surface area contributed by atoms with E-state index in [0.29, 0.717) is 5.69 Å². The highest BCUT2D eigenvalue weighted by atomic mass is 16.4. The Bertz CT molecular complexity index is 556. The van der Waals surface area contributed by atoms with E-state index in [1.165, 1.54) is 0 Å². The van der Waals surface area contributed by atoms with E-state index >= 15 is 0 Å². The van der Waals surface area contributed by atoms with Gasteiger partial charge in [-0.25, -0.2) is 0 Å². The fourth-order valence-electron chi connectivity index (χ4n) is 1.62. The van der Waals surface area contributed by atoms with E-state index < -0.39 is 11.9 Å². The van der Waals surface area contributed by atoms with Crippen LogP contribution in [0.4, 0.5) is 0 Å². The monoisotopic (exact) mass is 246 g/mol. The second-order valence-electron chi connectivity index (χ2n) is 4.22. The lowest BCUT2D eigenvalue weighted by Crippen LogP contribution is -2.31. The zero-order chi connectivity index (χ0) is 13.1. The van der Waals surface area contributed by atoms with Crippen LogP contribution in [0.5, 0.6) is 0 Å². The Morgan fingerprint density at radius 1 is 1.39 bits per heavy atom. The van der Waals surface area contributed by atoms with Crippen molar-refractivity contribution >= 4 is 22.8 Å². The molecule has 5 nitrogen and oxygen atoms in total. The second kappa shape index (κ2) is 4.91. The van der Waals surface area contributed by atoms with Crippen LogP contribution >= 0.6 is 0 Å². The van der Waals surface area contributed by atoms with Crippen molar-refractivity contribution < 1.29 is 14.7 Å². The van der Waals surface area contributed by atoms with Gasteiger partial charge >= 0.3 is 5.97 Å². The number of nitrogens with one attached hydrogen (secondary N) is 2. The Balaban J connectivity index is 2.07. The number of benzene rings is 1. The predicted molar refractivity (Wildman–Crippen MR) is 67.4 cm³/mol. The van der Waals surface area contributed by atoms with Crippen LogP contribution in [-0.4, -0.2) is 28.5 Å². The lowest BCUT2D eigenvalue weighted by Gasteiger charge is -2.06. The molecule has 0 fully saturated rings. The minimum atomic E-state index is -0.924. The first-order valence-corrected chi connectivity index (χ1v) is 5.66. The van der Waals surface area contributed by atoms with Crippen LogP contribution in [0.25, 0.3) is 10.9 Å². The largest absolute Gasteiger partial charge is 0.481 e. The van der Waals surface area contributed by atoms with Crippen LogP contribution < -0.4 is 5.32 Å². The summed E-state index contributed by atoms with van der Waals surface area (Å²) in [6, 6.07) is 9.31. The number of rotatable bonds is 4. The molecule has 3 N–H and O–H groups in total. The highest BCUT2D eigenvalue weighted by Crippen LogP contribution is 2.14. The number of amides is 1. The van der Waals surface area contributed by atoms with Crippen LogP contribution in [0.1, 0.15) is 17.4 Å². The van der Waals surface area contributed by atoms with E-state index in [1.54, 1.807) is 13.0 Å². The first-order valence-electron chi connectivity index (χ1n) is 5.66. The number of hydrogen-bond donors (Lipinski definition) is 3. The zero-order valence-electron chi connectivity index (χ0n) is 9.93. The number of carbonyl (C=O) groups excluding carboxylic acids is 1. The van der Waals surface area contributed by atoms with Crippen molar-refractivity contribution in [3.8, 4) is 0 Å². The number of aromatic nitrogens is 1. The maximum atomic E-state index is 11.8. The molecule has 18 heavy (non-hydrogen) atoms. The molecule has 5 heteroatoms. The number of para-hydroxylation sites is 1. The molecule has 0 aliphatic rings. The molecule has 0 aliphatic heterocycles. The number of fused-ring (bicyclic) bond motifs is 1. The number of carbonyl (C=O) groups is 2. The van der Waals surface area contributed by atoms with Gasteiger partial charge in [-0.15, -0.1) is 0 Å². The third-order valence-electron chi connectivity index (χ3n) is 2.76. The van der Waals surface area contributed by atoms with Crippen molar-refractivity contribution in [3.63, 3.8) is 0 Å². The van der Waals surface area contributed by atoms with Gasteiger partial charge < -0.3 is 15.4 Å². The first-order chi connectivity index (χ1) is 8.58. The van der Waals surface area contributed by atoms with Crippen LogP contribution in [0, 0.1) is 5.92 Å². The molecule has 0 bridgehead atoms. The van der Waals surface area contributed by atoms with Crippen LogP contribution in [0.2, 0.25) is 0 Å². The van der Waals surface area contributed by atoms with Crippen molar-refractivity contribution in [2.45, 2.75) is 6.92 Å². The van der Waals surface area contributed by atoms with Gasteiger partial charge in [0.2, 0.25) is 0 Å². The average Bonchev–Trinajstić information content (AvgIpc) is 2.79. The van der Waals surface area contributed by atoms with Gasteiger partial charge in [-0.3, -0.25) is 9.59 Å². The number of aliphatic carboxylic acids is 1. The molecular formula is C13H14N2O3. The lowest BCUT2D eigenvalue weighted by molar-refractivity contribution is -0.140. The molecule has 1 atom stereocenters. The summed E-state index contributed by atoms with van der Waals surface area (Å²) in [6.07, 6.45) is 0.